The average Bonchev–Trinajstić information content (AvgIpc) is 3.73. The Morgan fingerprint density at radius 2 is 1.97 bits per heavy atom. The number of methoxy groups -OCH3 is 1. The van der Waals surface area contributed by atoms with Gasteiger partial charge in [0.2, 0.25) is 5.88 Å². The van der Waals surface area contributed by atoms with Crippen LogP contribution >= 0.6 is 0 Å². The van der Waals surface area contributed by atoms with Crippen LogP contribution in [0.15, 0.2) is 54.7 Å². The number of rotatable bonds is 8. The largest absolute Gasteiger partial charge is 0.485 e. The zero-order chi connectivity index (χ0) is 27.0. The van der Waals surface area contributed by atoms with Crippen LogP contribution in [-0.2, 0) is 24.2 Å². The molecule has 1 aliphatic carbocycles. The second-order valence-corrected chi connectivity index (χ2v) is 11.6. The smallest absolute Gasteiger partial charge is 0.306 e. The van der Waals surface area contributed by atoms with E-state index < -0.39 is 11.9 Å². The minimum Gasteiger partial charge on any atom is -0.485 e. The summed E-state index contributed by atoms with van der Waals surface area (Å²) >= 11 is 0. The van der Waals surface area contributed by atoms with Crippen LogP contribution in [0.2, 0.25) is 0 Å². The van der Waals surface area contributed by atoms with Crippen LogP contribution in [-0.4, -0.2) is 40.2 Å². The highest BCUT2D eigenvalue weighted by atomic mass is 16.5. The monoisotopic (exact) mass is 526 g/mol. The minimum absolute atomic E-state index is 0.0272. The fourth-order valence-corrected chi connectivity index (χ4v) is 6.45. The van der Waals surface area contributed by atoms with Gasteiger partial charge in [-0.25, -0.2) is 4.98 Å². The Morgan fingerprint density at radius 1 is 1.13 bits per heavy atom. The van der Waals surface area contributed by atoms with Gasteiger partial charge in [0.1, 0.15) is 11.9 Å². The molecular formula is C33H38N2O4. The van der Waals surface area contributed by atoms with E-state index >= 15 is 0 Å². The van der Waals surface area contributed by atoms with Gasteiger partial charge in [0, 0.05) is 24.3 Å². The number of nitrogens with zero attached hydrogens (tertiary/aromatic N) is 2. The molecule has 1 saturated heterocycles. The van der Waals surface area contributed by atoms with Gasteiger partial charge in [-0.1, -0.05) is 37.6 Å². The number of carboxylic acids is 1. The molecule has 39 heavy (non-hydrogen) atoms. The topological polar surface area (TPSA) is 71.9 Å². The summed E-state index contributed by atoms with van der Waals surface area (Å²) < 4.78 is 12.1. The van der Waals surface area contributed by atoms with E-state index in [2.05, 4.69) is 46.3 Å². The summed E-state index contributed by atoms with van der Waals surface area (Å²) in [5, 5.41) is 9.37. The summed E-state index contributed by atoms with van der Waals surface area (Å²) in [6.45, 7) is 3.85. The number of benzene rings is 2. The second kappa shape index (κ2) is 10.6. The van der Waals surface area contributed by atoms with E-state index in [0.717, 1.165) is 48.4 Å². The molecule has 0 amide bonds. The van der Waals surface area contributed by atoms with Crippen LogP contribution < -0.4 is 9.47 Å². The number of likely N-dealkylation sites (tertiary alicyclic amines) is 1. The lowest BCUT2D eigenvalue weighted by Crippen LogP contribution is -2.41. The van der Waals surface area contributed by atoms with Crippen LogP contribution in [0.4, 0.5) is 0 Å². The average molecular weight is 527 g/mol. The third kappa shape index (κ3) is 5.40. The molecule has 3 aliphatic rings. The number of carboxylic acid groups (broad SMARTS) is 1. The molecule has 1 aromatic heterocycles. The Balaban J connectivity index is 1.32. The molecule has 2 aromatic carbocycles. The molecule has 6 heteroatoms. The minimum atomic E-state index is -0.769. The first-order chi connectivity index (χ1) is 18.9. The van der Waals surface area contributed by atoms with Crippen molar-refractivity contribution < 1.29 is 19.4 Å². The summed E-state index contributed by atoms with van der Waals surface area (Å²) in [4.78, 5) is 18.4. The molecule has 1 spiro atoms. The van der Waals surface area contributed by atoms with Crippen molar-refractivity contribution in [1.82, 2.24) is 9.88 Å². The molecule has 3 aromatic rings. The summed E-state index contributed by atoms with van der Waals surface area (Å²) in [5.41, 5.74) is 7.47. The first-order valence-electron chi connectivity index (χ1n) is 14.3. The maximum absolute atomic E-state index is 11.4. The van der Waals surface area contributed by atoms with Gasteiger partial charge in [-0.15, -0.1) is 0 Å². The zero-order valence-corrected chi connectivity index (χ0v) is 23.0. The molecule has 204 valence electrons. The normalized spacial score (nSPS) is 20.6. The summed E-state index contributed by atoms with van der Waals surface area (Å²) in [5.74, 6) is 0.320. The van der Waals surface area contributed by atoms with Crippen LogP contribution in [0, 0.1) is 5.92 Å². The molecule has 2 atom stereocenters. The number of pyridine rings is 1. The molecule has 1 saturated carbocycles. The van der Waals surface area contributed by atoms with E-state index in [1.807, 2.05) is 12.1 Å². The van der Waals surface area contributed by atoms with Crippen molar-refractivity contribution in [2.24, 2.45) is 5.92 Å². The lowest BCUT2D eigenvalue weighted by molar-refractivity contribution is -0.141. The summed E-state index contributed by atoms with van der Waals surface area (Å²) in [7, 11) is 1.65. The number of piperidine rings is 1. The van der Waals surface area contributed by atoms with Crippen LogP contribution in [0.5, 0.6) is 11.6 Å². The predicted molar refractivity (Wildman–Crippen MR) is 151 cm³/mol. The van der Waals surface area contributed by atoms with Crippen LogP contribution in [0.1, 0.15) is 73.8 Å². The highest BCUT2D eigenvalue weighted by molar-refractivity contribution is 5.70. The van der Waals surface area contributed by atoms with Gasteiger partial charge < -0.3 is 14.6 Å². The van der Waals surface area contributed by atoms with Crippen LogP contribution in [0.3, 0.4) is 0 Å². The molecule has 3 heterocycles. The molecule has 6 rings (SSSR count). The Bertz CT molecular complexity index is 1370. The van der Waals surface area contributed by atoms with Crippen molar-refractivity contribution in [3.8, 4) is 22.8 Å². The van der Waals surface area contributed by atoms with E-state index in [9.17, 15) is 9.90 Å². The maximum Gasteiger partial charge on any atom is 0.306 e. The summed E-state index contributed by atoms with van der Waals surface area (Å²) in [6.07, 6.45) is 10.7. The highest BCUT2D eigenvalue weighted by Crippen LogP contribution is 2.49. The van der Waals surface area contributed by atoms with Gasteiger partial charge in [-0.05, 0) is 103 Å². The lowest BCUT2D eigenvalue weighted by atomic mass is 9.90. The number of aryl methyl sites for hydroxylation is 1. The Morgan fingerprint density at radius 3 is 2.77 bits per heavy atom. The fraction of sp³-hybridized carbons (Fsp3) is 0.455. The first-order valence-corrected chi connectivity index (χ1v) is 14.3. The number of aliphatic carboxylic acids is 1. The highest BCUT2D eigenvalue weighted by Gasteiger charge is 2.48. The lowest BCUT2D eigenvalue weighted by Gasteiger charge is -2.37. The SMILES string of the molecule is COc1cc(-c2ccc(C3CCc4ccc(CC(C)C(=O)O)cc4O3)c(CN3CCCCC34CC4)c2)ccn1. The molecule has 0 radical (unpaired) electrons. The van der Waals surface area contributed by atoms with E-state index in [1.165, 1.54) is 48.8 Å². The molecule has 2 aliphatic heterocycles. The molecule has 0 bridgehead atoms. The van der Waals surface area contributed by atoms with E-state index in [-0.39, 0.29) is 6.10 Å². The predicted octanol–water partition coefficient (Wildman–Crippen LogP) is 6.61. The van der Waals surface area contributed by atoms with Crippen molar-refractivity contribution in [2.45, 2.75) is 76.5 Å². The van der Waals surface area contributed by atoms with Gasteiger partial charge in [-0.2, -0.15) is 0 Å². The van der Waals surface area contributed by atoms with Crippen molar-refractivity contribution in [3.05, 3.63) is 77.0 Å². The maximum atomic E-state index is 11.4. The third-order valence-electron chi connectivity index (χ3n) is 8.99. The molecule has 2 fully saturated rings. The van der Waals surface area contributed by atoms with Crippen molar-refractivity contribution >= 4 is 5.97 Å². The van der Waals surface area contributed by atoms with Crippen LogP contribution in [0.25, 0.3) is 11.1 Å². The fourth-order valence-electron chi connectivity index (χ4n) is 6.45. The Hall–Kier alpha value is -3.38. The van der Waals surface area contributed by atoms with E-state index in [1.54, 1.807) is 20.2 Å². The number of aromatic nitrogens is 1. The van der Waals surface area contributed by atoms with Gasteiger partial charge in [0.15, 0.2) is 0 Å². The van der Waals surface area contributed by atoms with Gasteiger partial charge in [0.25, 0.3) is 0 Å². The Kier molecular flexibility index (Phi) is 7.06. The third-order valence-corrected chi connectivity index (χ3v) is 8.99. The second-order valence-electron chi connectivity index (χ2n) is 11.6. The molecular weight excluding hydrogens is 488 g/mol. The zero-order valence-electron chi connectivity index (χ0n) is 23.0. The molecule has 2 unspecified atom stereocenters. The number of hydrogen-bond donors (Lipinski definition) is 1. The summed E-state index contributed by atoms with van der Waals surface area (Å²) in [6, 6.07) is 17.1. The van der Waals surface area contributed by atoms with Crippen molar-refractivity contribution in [3.63, 3.8) is 0 Å². The van der Waals surface area contributed by atoms with E-state index in [0.29, 0.717) is 17.8 Å². The number of hydrogen-bond acceptors (Lipinski definition) is 5. The van der Waals surface area contributed by atoms with Gasteiger partial charge >= 0.3 is 5.97 Å². The van der Waals surface area contributed by atoms with Crippen molar-refractivity contribution in [2.75, 3.05) is 13.7 Å². The van der Waals surface area contributed by atoms with Gasteiger partial charge in [0.05, 0.1) is 13.0 Å². The van der Waals surface area contributed by atoms with Crippen molar-refractivity contribution in [1.29, 1.82) is 0 Å². The van der Waals surface area contributed by atoms with Gasteiger partial charge in [-0.3, -0.25) is 9.69 Å². The molecule has 1 N–H and O–H groups in total. The number of carbonyl (C=O) groups is 1. The van der Waals surface area contributed by atoms with E-state index in [4.69, 9.17) is 9.47 Å². The quantitative estimate of drug-likeness (QED) is 0.356. The molecule has 6 nitrogen and oxygen atoms in total. The standard InChI is InChI=1S/C33H38N2O4/c1-22(32(36)37)17-23-5-6-24-8-10-29(39-30(24)18-23)28-9-7-25(26-11-15-34-31(20-26)38-2)19-27(28)21-35-16-4-3-12-33(35)13-14-33/h5-7,9,11,15,18-20,22,29H,3-4,8,10,12-14,16-17,21H2,1-2H3,(H,36,37). The Labute approximate surface area is 231 Å². The number of ether oxygens (including phenoxy) is 2. The number of fused-ring (bicyclic) bond motifs is 1. The first kappa shape index (κ1) is 25.9.